The third-order valence-electron chi connectivity index (χ3n) is 3.93. The van der Waals surface area contributed by atoms with Crippen molar-refractivity contribution in [1.82, 2.24) is 5.16 Å². The zero-order chi connectivity index (χ0) is 16.6. The molecule has 3 nitrogen and oxygen atoms in total. The van der Waals surface area contributed by atoms with Gasteiger partial charge in [0.15, 0.2) is 0 Å². The van der Waals surface area contributed by atoms with E-state index in [-0.39, 0.29) is 5.41 Å². The fraction of sp³-hybridized carbons (Fsp3) is 0.211. The zero-order valence-corrected chi connectivity index (χ0v) is 14.4. The average Bonchev–Trinajstić information content (AvgIpc) is 2.53. The molecule has 0 aliphatic carbocycles. The first-order chi connectivity index (χ1) is 10.9. The lowest BCUT2D eigenvalue weighted by Crippen LogP contribution is -2.11. The first-order valence-corrected chi connectivity index (χ1v) is 7.95. The number of hydrogen-bond acceptors (Lipinski definition) is 3. The van der Waals surface area contributed by atoms with E-state index in [1.54, 1.807) is 12.3 Å². The van der Waals surface area contributed by atoms with Gasteiger partial charge < -0.3 is 4.52 Å². The molecule has 4 heteroatoms. The van der Waals surface area contributed by atoms with Crippen LogP contribution in [0.5, 0.6) is 0 Å². The molecule has 116 valence electrons. The van der Waals surface area contributed by atoms with Crippen LogP contribution < -0.4 is 5.63 Å². The molecule has 0 radical (unpaired) electrons. The van der Waals surface area contributed by atoms with Crippen molar-refractivity contribution in [3.63, 3.8) is 0 Å². The Balaban J connectivity index is 1.98. The predicted octanol–water partition coefficient (Wildman–Crippen LogP) is 4.20. The highest BCUT2D eigenvalue weighted by atomic mass is 31.0. The highest BCUT2D eigenvalue weighted by Gasteiger charge is 2.14. The Bertz CT molecular complexity index is 934. The van der Waals surface area contributed by atoms with Crippen LogP contribution >= 0.6 is 8.86 Å². The van der Waals surface area contributed by atoms with Crippen molar-refractivity contribution in [2.45, 2.75) is 26.2 Å². The SMILES string of the molecule is CC(C)(C)c1ccc(C(=P)c2ccc3c(=O)oncc3c2)cc1. The van der Waals surface area contributed by atoms with Gasteiger partial charge in [0.25, 0.3) is 0 Å². The van der Waals surface area contributed by atoms with Gasteiger partial charge in [0.05, 0.1) is 11.6 Å². The van der Waals surface area contributed by atoms with Crippen LogP contribution in [0.2, 0.25) is 0 Å². The summed E-state index contributed by atoms with van der Waals surface area (Å²) in [5.41, 5.74) is 3.09. The molecule has 0 atom stereocenters. The zero-order valence-electron chi connectivity index (χ0n) is 13.4. The maximum atomic E-state index is 11.6. The molecule has 0 N–H and O–H groups in total. The lowest BCUT2D eigenvalue weighted by Gasteiger charge is -2.19. The molecule has 3 rings (SSSR count). The quantitative estimate of drug-likeness (QED) is 0.664. The smallest absolute Gasteiger partial charge is 0.313 e. The van der Waals surface area contributed by atoms with Crippen LogP contribution in [0.15, 0.2) is 58.0 Å². The molecule has 0 fully saturated rings. The fourth-order valence-corrected chi connectivity index (χ4v) is 2.82. The van der Waals surface area contributed by atoms with Crippen molar-refractivity contribution in [1.29, 1.82) is 0 Å². The lowest BCUT2D eigenvalue weighted by atomic mass is 9.86. The molecule has 0 unspecified atom stereocenters. The molecule has 1 aromatic heterocycles. The van der Waals surface area contributed by atoms with E-state index in [1.165, 1.54) is 5.56 Å². The molecule has 0 spiro atoms. The summed E-state index contributed by atoms with van der Waals surface area (Å²) in [6, 6.07) is 14.1. The van der Waals surface area contributed by atoms with E-state index in [4.69, 9.17) is 0 Å². The van der Waals surface area contributed by atoms with Crippen LogP contribution in [0, 0.1) is 0 Å². The van der Waals surface area contributed by atoms with Crippen molar-refractivity contribution in [3.8, 4) is 0 Å². The second-order valence-corrected chi connectivity index (χ2v) is 7.12. The Morgan fingerprint density at radius 1 is 1.04 bits per heavy atom. The summed E-state index contributed by atoms with van der Waals surface area (Å²) in [5.74, 6) is 0. The Kier molecular flexibility index (Phi) is 3.91. The normalized spacial score (nSPS) is 11.6. The topological polar surface area (TPSA) is 43.1 Å². The van der Waals surface area contributed by atoms with Crippen LogP contribution in [-0.4, -0.2) is 10.5 Å². The van der Waals surface area contributed by atoms with E-state index in [2.05, 4.69) is 63.6 Å². The average molecular weight is 323 g/mol. The minimum Gasteiger partial charge on any atom is -0.313 e. The van der Waals surface area contributed by atoms with Gasteiger partial charge in [-0.3, -0.25) is 0 Å². The second kappa shape index (κ2) is 5.75. The molecule has 0 aliphatic heterocycles. The summed E-state index contributed by atoms with van der Waals surface area (Å²) in [6.45, 7) is 6.59. The van der Waals surface area contributed by atoms with Gasteiger partial charge in [-0.2, -0.15) is 0 Å². The highest BCUT2D eigenvalue weighted by molar-refractivity contribution is 7.23. The minimum atomic E-state index is -0.418. The number of benzene rings is 2. The van der Waals surface area contributed by atoms with E-state index in [1.807, 2.05) is 12.1 Å². The third-order valence-corrected chi connectivity index (χ3v) is 4.50. The molecular weight excluding hydrogens is 305 g/mol. The Labute approximate surface area is 137 Å². The lowest BCUT2D eigenvalue weighted by molar-refractivity contribution is 0.377. The first kappa shape index (κ1) is 15.6. The van der Waals surface area contributed by atoms with Gasteiger partial charge in [0, 0.05) is 10.7 Å². The molecular formula is C19H18NO2P. The van der Waals surface area contributed by atoms with Crippen molar-refractivity contribution < 1.29 is 4.52 Å². The van der Waals surface area contributed by atoms with E-state index < -0.39 is 5.63 Å². The maximum absolute atomic E-state index is 11.6. The molecule has 0 aliphatic rings. The maximum Gasteiger partial charge on any atom is 0.366 e. The Morgan fingerprint density at radius 2 is 1.70 bits per heavy atom. The first-order valence-electron chi connectivity index (χ1n) is 7.45. The van der Waals surface area contributed by atoms with Crippen molar-refractivity contribution in [3.05, 3.63) is 75.8 Å². The van der Waals surface area contributed by atoms with Gasteiger partial charge in [0.2, 0.25) is 0 Å². The number of aromatic nitrogens is 1. The van der Waals surface area contributed by atoms with Gasteiger partial charge in [-0.05, 0) is 34.2 Å². The highest BCUT2D eigenvalue weighted by Crippen LogP contribution is 2.24. The largest absolute Gasteiger partial charge is 0.366 e. The third kappa shape index (κ3) is 3.11. The van der Waals surface area contributed by atoms with E-state index in [0.717, 1.165) is 21.8 Å². The van der Waals surface area contributed by atoms with Gasteiger partial charge in [-0.25, -0.2) is 4.79 Å². The number of rotatable bonds is 2. The molecule has 0 saturated carbocycles. The summed E-state index contributed by atoms with van der Waals surface area (Å²) in [4.78, 5) is 11.6. The summed E-state index contributed by atoms with van der Waals surface area (Å²) in [7, 11) is 3.73. The van der Waals surface area contributed by atoms with Gasteiger partial charge in [-0.1, -0.05) is 56.3 Å². The van der Waals surface area contributed by atoms with Crippen LogP contribution in [0.25, 0.3) is 10.8 Å². The molecule has 0 amide bonds. The predicted molar refractivity (Wildman–Crippen MR) is 96.9 cm³/mol. The standard InChI is InChI=1S/C19H18NO2P/c1-19(2,3)15-7-4-12(5-8-15)17(23)13-6-9-16-14(10-13)11-20-22-18(16)21/h4-11,23H,1-3H3. The fourth-order valence-electron chi connectivity index (χ4n) is 2.49. The number of hydrogen-bond donors (Lipinski definition) is 0. The van der Waals surface area contributed by atoms with Gasteiger partial charge >= 0.3 is 5.63 Å². The number of nitrogens with zero attached hydrogens (tertiary/aromatic N) is 1. The Hall–Kier alpha value is -2.25. The van der Waals surface area contributed by atoms with Gasteiger partial charge in [-0.15, -0.1) is 8.86 Å². The number of fused-ring (bicyclic) bond motifs is 1. The summed E-state index contributed by atoms with van der Waals surface area (Å²) < 4.78 is 4.65. The van der Waals surface area contributed by atoms with E-state index in [0.29, 0.717) is 5.39 Å². The van der Waals surface area contributed by atoms with Crippen LogP contribution in [-0.2, 0) is 5.41 Å². The van der Waals surface area contributed by atoms with Crippen molar-refractivity contribution in [2.75, 3.05) is 0 Å². The summed E-state index contributed by atoms with van der Waals surface area (Å²) in [5, 5.41) is 5.88. The van der Waals surface area contributed by atoms with E-state index >= 15 is 0 Å². The van der Waals surface area contributed by atoms with Crippen LogP contribution in [0.3, 0.4) is 0 Å². The second-order valence-electron chi connectivity index (χ2n) is 6.62. The van der Waals surface area contributed by atoms with E-state index in [9.17, 15) is 4.79 Å². The minimum absolute atomic E-state index is 0.132. The molecule has 3 aromatic rings. The molecule has 23 heavy (non-hydrogen) atoms. The summed E-state index contributed by atoms with van der Waals surface area (Å²) in [6.07, 6.45) is 1.56. The van der Waals surface area contributed by atoms with Crippen molar-refractivity contribution in [2.24, 2.45) is 0 Å². The molecule has 1 heterocycles. The van der Waals surface area contributed by atoms with Crippen LogP contribution in [0.1, 0.15) is 37.5 Å². The molecule has 0 saturated heterocycles. The van der Waals surface area contributed by atoms with Crippen LogP contribution in [0.4, 0.5) is 0 Å². The Morgan fingerprint density at radius 3 is 2.35 bits per heavy atom. The summed E-state index contributed by atoms with van der Waals surface area (Å²) >= 11 is 0. The van der Waals surface area contributed by atoms with Gasteiger partial charge in [0.1, 0.15) is 0 Å². The molecule has 0 bridgehead atoms. The monoisotopic (exact) mass is 323 g/mol. The molecule has 2 aromatic carbocycles. The van der Waals surface area contributed by atoms with Crippen molar-refractivity contribution >= 4 is 24.9 Å².